The molecule has 0 fully saturated rings. The first-order chi connectivity index (χ1) is 29.2. The van der Waals surface area contributed by atoms with Crippen molar-refractivity contribution in [2.75, 3.05) is 9.80 Å². The van der Waals surface area contributed by atoms with Gasteiger partial charge in [-0.1, -0.05) is 159 Å². The number of rotatable bonds is 11. The van der Waals surface area contributed by atoms with Crippen LogP contribution in [0.2, 0.25) is 0 Å². The summed E-state index contributed by atoms with van der Waals surface area (Å²) in [7, 11) is 0. The molecule has 2 nitrogen and oxygen atoms in total. The third kappa shape index (κ3) is 7.27. The van der Waals surface area contributed by atoms with Gasteiger partial charge in [-0.25, -0.2) is 0 Å². The highest BCUT2D eigenvalue weighted by Crippen LogP contribution is 2.39. The molecule has 0 radical (unpaired) electrons. The van der Waals surface area contributed by atoms with E-state index in [0.29, 0.717) is 11.1 Å². The van der Waals surface area contributed by atoms with Crippen molar-refractivity contribution in [2.45, 2.75) is 0 Å². The molecule has 0 unspecified atom stereocenters. The molecule has 0 saturated heterocycles. The topological polar surface area (TPSA) is 6.48 Å². The number of hydrogen-bond acceptors (Lipinski definition) is 2. The van der Waals surface area contributed by atoms with Crippen LogP contribution in [0.3, 0.4) is 0 Å². The fourth-order valence-corrected chi connectivity index (χ4v) is 6.76. The van der Waals surface area contributed by atoms with Crippen LogP contribution in [-0.4, -0.2) is 0 Å². The molecule has 0 aliphatic rings. The van der Waals surface area contributed by atoms with Gasteiger partial charge in [-0.05, 0) is 117 Å². The Morgan fingerprint density at radius 2 is 0.519 bits per heavy atom. The maximum atomic E-state index is 8.15. The van der Waals surface area contributed by atoms with Gasteiger partial charge in [0.2, 0.25) is 0 Å². The quantitative estimate of drug-likeness (QED) is 0.133. The molecule has 0 aromatic heterocycles. The molecule has 0 spiro atoms. The lowest BCUT2D eigenvalue weighted by Gasteiger charge is -2.26. The molecular weight excluding hydrogens is 653 g/mol. The van der Waals surface area contributed by atoms with E-state index in [0.717, 1.165) is 67.5 Å². The molecular formula is C52H40N2. The van der Waals surface area contributed by atoms with E-state index in [1.54, 1.807) is 24.3 Å². The molecule has 0 heterocycles. The first-order valence-corrected chi connectivity index (χ1v) is 17.8. The summed E-state index contributed by atoms with van der Waals surface area (Å²) in [5.74, 6) is 0. The average molecular weight is 699 g/mol. The largest absolute Gasteiger partial charge is 0.311 e. The Kier molecular flexibility index (Phi) is 7.95. The van der Waals surface area contributed by atoms with Crippen LogP contribution in [0.4, 0.5) is 34.1 Å². The van der Waals surface area contributed by atoms with E-state index in [1.165, 1.54) is 0 Å². The van der Waals surface area contributed by atoms with Crippen molar-refractivity contribution in [1.29, 1.82) is 0 Å². The van der Waals surface area contributed by atoms with E-state index >= 15 is 0 Å². The van der Waals surface area contributed by atoms with Crippen LogP contribution in [-0.2, 0) is 0 Å². The second kappa shape index (κ2) is 15.6. The fourth-order valence-electron chi connectivity index (χ4n) is 6.76. The SMILES string of the molecule is [2H]C([2H])=C([2H])c1ccc(N(c2ccc(-c3ccccc3)cc2)c2ccc(-c3ccc(N(c4ccc(C([2H])=C([2H])[2H])cc4)c4ccc(-c5ccccc5)cc4)cc3)cc2)cc1. The van der Waals surface area contributed by atoms with Gasteiger partial charge in [0.15, 0.2) is 0 Å². The van der Waals surface area contributed by atoms with Crippen molar-refractivity contribution in [3.05, 3.63) is 230 Å². The summed E-state index contributed by atoms with van der Waals surface area (Å²) in [6.45, 7) is -1.05. The van der Waals surface area contributed by atoms with Gasteiger partial charge < -0.3 is 9.80 Å². The molecule has 0 bridgehead atoms. The molecule has 8 rings (SSSR count). The molecule has 8 aromatic rings. The van der Waals surface area contributed by atoms with E-state index in [-0.39, 0.29) is 12.1 Å². The molecule has 0 atom stereocenters. The van der Waals surface area contributed by atoms with Crippen molar-refractivity contribution in [2.24, 2.45) is 0 Å². The van der Waals surface area contributed by atoms with Crippen molar-refractivity contribution in [1.82, 2.24) is 0 Å². The van der Waals surface area contributed by atoms with Crippen LogP contribution < -0.4 is 9.80 Å². The van der Waals surface area contributed by atoms with Crippen LogP contribution >= 0.6 is 0 Å². The Morgan fingerprint density at radius 1 is 0.296 bits per heavy atom. The highest BCUT2D eigenvalue weighted by molar-refractivity contribution is 5.82. The summed E-state index contributed by atoms with van der Waals surface area (Å²) in [6.07, 6.45) is 0. The number of benzene rings is 8. The van der Waals surface area contributed by atoms with Crippen molar-refractivity contribution < 1.29 is 8.22 Å². The molecule has 0 saturated carbocycles. The predicted octanol–water partition coefficient (Wildman–Crippen LogP) is 14.9. The second-order valence-electron chi connectivity index (χ2n) is 12.9. The zero-order valence-corrected chi connectivity index (χ0v) is 29.5. The Hall–Kier alpha value is -7.16. The number of hydrogen-bond donors (Lipinski definition) is 0. The highest BCUT2D eigenvalue weighted by Gasteiger charge is 2.15. The maximum Gasteiger partial charge on any atom is 0.0623 e. The lowest BCUT2D eigenvalue weighted by Crippen LogP contribution is -2.10. The third-order valence-corrected chi connectivity index (χ3v) is 9.59. The normalized spacial score (nSPS) is 12.1. The minimum absolute atomic E-state index is 0.124. The van der Waals surface area contributed by atoms with Gasteiger partial charge in [0.05, 0.1) is 8.22 Å². The smallest absolute Gasteiger partial charge is 0.0623 e. The van der Waals surface area contributed by atoms with Crippen LogP contribution in [0.5, 0.6) is 0 Å². The van der Waals surface area contributed by atoms with Crippen molar-refractivity contribution in [3.8, 4) is 33.4 Å². The summed E-state index contributed by atoms with van der Waals surface area (Å²) in [6, 6.07) is 68.8. The van der Waals surface area contributed by atoms with E-state index in [2.05, 4.69) is 131 Å². The lowest BCUT2D eigenvalue weighted by molar-refractivity contribution is 1.28. The first kappa shape index (κ1) is 27.5. The minimum Gasteiger partial charge on any atom is -0.311 e. The predicted molar refractivity (Wildman–Crippen MR) is 232 cm³/mol. The lowest BCUT2D eigenvalue weighted by atomic mass is 10.0. The molecule has 54 heavy (non-hydrogen) atoms. The van der Waals surface area contributed by atoms with E-state index < -0.39 is 13.1 Å². The van der Waals surface area contributed by atoms with Gasteiger partial charge in [-0.15, -0.1) is 0 Å². The highest BCUT2D eigenvalue weighted by atomic mass is 15.1. The summed E-state index contributed by atoms with van der Waals surface area (Å²) >= 11 is 0. The van der Waals surface area contributed by atoms with Crippen LogP contribution in [0, 0.1) is 0 Å². The van der Waals surface area contributed by atoms with Gasteiger partial charge >= 0.3 is 0 Å². The molecule has 0 amide bonds. The van der Waals surface area contributed by atoms with E-state index in [9.17, 15) is 0 Å². The summed E-state index contributed by atoms with van der Waals surface area (Å²) < 4.78 is 46.8. The molecule has 8 aromatic carbocycles. The van der Waals surface area contributed by atoms with Gasteiger partial charge in [-0.2, -0.15) is 0 Å². The molecule has 2 heteroatoms. The minimum atomic E-state index is -0.523. The maximum absolute atomic E-state index is 8.15. The Bertz CT molecular complexity index is 2550. The van der Waals surface area contributed by atoms with Crippen molar-refractivity contribution in [3.63, 3.8) is 0 Å². The Balaban J connectivity index is 1.11. The van der Waals surface area contributed by atoms with Gasteiger partial charge in [0, 0.05) is 34.1 Å². The van der Waals surface area contributed by atoms with Gasteiger partial charge in [0.25, 0.3) is 0 Å². The van der Waals surface area contributed by atoms with Crippen molar-refractivity contribution >= 4 is 46.2 Å². The fraction of sp³-hybridized carbons (Fsp3) is 0. The summed E-state index contributed by atoms with van der Waals surface area (Å²) in [5, 5.41) is 0. The van der Waals surface area contributed by atoms with Gasteiger partial charge in [-0.3, -0.25) is 0 Å². The molecule has 0 aliphatic heterocycles. The number of anilines is 6. The van der Waals surface area contributed by atoms with E-state index in [4.69, 9.17) is 8.22 Å². The zero-order chi connectivity index (χ0) is 41.6. The standard InChI is InChI=1S/C52H40N2/c1-3-39-15-27-47(28-16-39)53(49-31-19-43(20-32-49)41-11-7-5-8-12-41)51-35-23-45(24-36-51)46-25-37-52(38-26-46)54(48-29-17-40(4-2)18-30-48)50-33-21-44(22-34-50)42-13-9-6-10-14-42/h3-38H,1-2H2/i1D2,2D2,3D,4D. The van der Waals surface area contributed by atoms with Crippen LogP contribution in [0.1, 0.15) is 19.4 Å². The molecule has 0 N–H and O–H groups in total. The first-order valence-electron chi connectivity index (χ1n) is 20.8. The van der Waals surface area contributed by atoms with Gasteiger partial charge in [0.1, 0.15) is 0 Å². The average Bonchev–Trinajstić information content (AvgIpc) is 3.30. The number of nitrogens with zero attached hydrogens (tertiary/aromatic N) is 2. The Labute approximate surface area is 327 Å². The summed E-state index contributed by atoms with van der Waals surface area (Å²) in [4.78, 5) is 4.31. The van der Waals surface area contributed by atoms with Crippen LogP contribution in [0.25, 0.3) is 45.5 Å². The van der Waals surface area contributed by atoms with E-state index in [1.807, 2.05) is 60.7 Å². The summed E-state index contributed by atoms with van der Waals surface area (Å²) in [5.41, 5.74) is 13.2. The molecule has 0 aliphatic carbocycles. The monoisotopic (exact) mass is 698 g/mol. The van der Waals surface area contributed by atoms with Crippen LogP contribution in [0.15, 0.2) is 219 Å². The Morgan fingerprint density at radius 3 is 0.759 bits per heavy atom. The zero-order valence-electron chi connectivity index (χ0n) is 35.5. The second-order valence-corrected chi connectivity index (χ2v) is 12.9. The molecule has 258 valence electrons. The third-order valence-electron chi connectivity index (χ3n) is 9.59.